The van der Waals surface area contributed by atoms with Crippen LogP contribution in [-0.4, -0.2) is 22.0 Å². The zero-order valence-corrected chi connectivity index (χ0v) is 11.6. The van der Waals surface area contributed by atoms with E-state index in [2.05, 4.69) is 9.97 Å². The average molecular weight is 303 g/mol. The minimum Gasteiger partial charge on any atom is -0.490 e. The number of nitro groups is 1. The number of benzene rings is 1. The molecular formula is C13H9N3O4S. The summed E-state index contributed by atoms with van der Waals surface area (Å²) in [6, 6.07) is 6.36. The van der Waals surface area contributed by atoms with Gasteiger partial charge >= 0.3 is 5.69 Å². The van der Waals surface area contributed by atoms with E-state index in [9.17, 15) is 14.9 Å². The van der Waals surface area contributed by atoms with Gasteiger partial charge in [-0.05, 0) is 23.8 Å². The molecule has 1 aromatic carbocycles. The molecule has 8 heteroatoms. The van der Waals surface area contributed by atoms with Crippen molar-refractivity contribution in [1.29, 1.82) is 0 Å². The second-order valence-electron chi connectivity index (χ2n) is 4.20. The first-order valence-corrected chi connectivity index (χ1v) is 6.72. The van der Waals surface area contributed by atoms with E-state index >= 15 is 0 Å². The maximum absolute atomic E-state index is 11.7. The van der Waals surface area contributed by atoms with Crippen molar-refractivity contribution < 1.29 is 9.66 Å². The van der Waals surface area contributed by atoms with Gasteiger partial charge in [0, 0.05) is 10.9 Å². The summed E-state index contributed by atoms with van der Waals surface area (Å²) in [5.41, 5.74) is 1.03. The number of thiophene rings is 1. The molecule has 2 aromatic heterocycles. The Kier molecular flexibility index (Phi) is 3.15. The number of hydrogen-bond donors (Lipinski definition) is 1. The van der Waals surface area contributed by atoms with Crippen molar-refractivity contribution in [3.63, 3.8) is 0 Å². The number of hydrogen-bond acceptors (Lipinski definition) is 6. The van der Waals surface area contributed by atoms with Crippen molar-refractivity contribution in [1.82, 2.24) is 9.97 Å². The molecule has 0 bridgehead atoms. The molecule has 3 rings (SSSR count). The Morgan fingerprint density at radius 1 is 1.38 bits per heavy atom. The highest BCUT2D eigenvalue weighted by atomic mass is 32.1. The number of rotatable bonds is 3. The molecule has 1 N–H and O–H groups in total. The van der Waals surface area contributed by atoms with Gasteiger partial charge in [0.25, 0.3) is 5.56 Å². The first-order valence-electron chi connectivity index (χ1n) is 5.90. The molecule has 21 heavy (non-hydrogen) atoms. The van der Waals surface area contributed by atoms with Crippen LogP contribution in [-0.2, 0) is 0 Å². The average Bonchev–Trinajstić information content (AvgIpc) is 2.92. The summed E-state index contributed by atoms with van der Waals surface area (Å²) in [7, 11) is 1.38. The van der Waals surface area contributed by atoms with Gasteiger partial charge in [-0.1, -0.05) is 0 Å². The van der Waals surface area contributed by atoms with Crippen molar-refractivity contribution in [2.45, 2.75) is 0 Å². The number of nitrogens with one attached hydrogen (secondary N) is 1. The fraction of sp³-hybridized carbons (Fsp3) is 0.0769. The minimum absolute atomic E-state index is 0.0988. The van der Waals surface area contributed by atoms with Crippen LogP contribution in [0.15, 0.2) is 35.4 Å². The third-order valence-corrected chi connectivity index (χ3v) is 4.15. The van der Waals surface area contributed by atoms with Crippen LogP contribution in [0.5, 0.6) is 5.75 Å². The van der Waals surface area contributed by atoms with Crippen LogP contribution in [0.3, 0.4) is 0 Å². The summed E-state index contributed by atoms with van der Waals surface area (Å²) >= 11 is 1.28. The number of nitrogens with zero attached hydrogens (tertiary/aromatic N) is 2. The smallest absolute Gasteiger partial charge is 0.310 e. The summed E-state index contributed by atoms with van der Waals surface area (Å²) in [5, 5.41) is 10.9. The molecule has 0 saturated carbocycles. The van der Waals surface area contributed by atoms with Crippen molar-refractivity contribution in [3.8, 4) is 16.2 Å². The van der Waals surface area contributed by atoms with E-state index in [1.54, 1.807) is 18.2 Å². The summed E-state index contributed by atoms with van der Waals surface area (Å²) in [6.45, 7) is 0. The SMILES string of the molecule is COc1cc(-c2cc3nc[nH]c(=O)c3s2)ccc1[N+](=O)[O-]. The number of aromatic amines is 1. The molecule has 0 atom stereocenters. The Bertz CT molecular complexity index is 900. The lowest BCUT2D eigenvalue weighted by atomic mass is 10.1. The molecule has 0 aliphatic carbocycles. The molecular weight excluding hydrogens is 294 g/mol. The highest BCUT2D eigenvalue weighted by molar-refractivity contribution is 7.22. The largest absolute Gasteiger partial charge is 0.490 e. The number of H-pyrrole nitrogens is 1. The van der Waals surface area contributed by atoms with E-state index in [0.29, 0.717) is 10.2 Å². The van der Waals surface area contributed by atoms with Crippen molar-refractivity contribution in [3.05, 3.63) is 51.1 Å². The van der Waals surface area contributed by atoms with E-state index in [-0.39, 0.29) is 17.0 Å². The molecule has 0 aliphatic heterocycles. The molecule has 0 fully saturated rings. The van der Waals surface area contributed by atoms with Crippen LogP contribution < -0.4 is 10.3 Å². The van der Waals surface area contributed by atoms with Crippen LogP contribution in [0.1, 0.15) is 0 Å². The Labute approximate surface area is 122 Å². The van der Waals surface area contributed by atoms with Crippen molar-refractivity contribution in [2.75, 3.05) is 7.11 Å². The lowest BCUT2D eigenvalue weighted by Crippen LogP contribution is -2.02. The van der Waals surface area contributed by atoms with Gasteiger partial charge in [-0.25, -0.2) is 4.98 Å². The second kappa shape index (κ2) is 4.98. The molecule has 0 spiro atoms. The molecule has 106 valence electrons. The van der Waals surface area contributed by atoms with Gasteiger partial charge in [0.2, 0.25) is 0 Å². The Morgan fingerprint density at radius 3 is 2.86 bits per heavy atom. The van der Waals surface area contributed by atoms with Crippen LogP contribution in [0.25, 0.3) is 20.7 Å². The molecule has 0 unspecified atom stereocenters. The number of ether oxygens (including phenoxy) is 1. The number of aromatic nitrogens is 2. The maximum atomic E-state index is 11.7. The molecule has 0 radical (unpaired) electrons. The molecule has 7 nitrogen and oxygen atoms in total. The van der Waals surface area contributed by atoms with Crippen molar-refractivity contribution in [2.24, 2.45) is 0 Å². The van der Waals surface area contributed by atoms with Gasteiger partial charge in [-0.2, -0.15) is 0 Å². The summed E-state index contributed by atoms with van der Waals surface area (Å²) in [4.78, 5) is 29.5. The van der Waals surface area contributed by atoms with Gasteiger partial charge in [0.1, 0.15) is 4.70 Å². The van der Waals surface area contributed by atoms with Gasteiger partial charge < -0.3 is 9.72 Å². The van der Waals surface area contributed by atoms with E-state index < -0.39 is 4.92 Å². The van der Waals surface area contributed by atoms with Crippen LogP contribution >= 0.6 is 11.3 Å². The zero-order valence-electron chi connectivity index (χ0n) is 10.8. The van der Waals surface area contributed by atoms with E-state index in [1.165, 1.54) is 30.8 Å². The van der Waals surface area contributed by atoms with E-state index in [0.717, 1.165) is 10.4 Å². The number of fused-ring (bicyclic) bond motifs is 1. The predicted octanol–water partition coefficient (Wildman–Crippen LogP) is 2.57. The minimum atomic E-state index is -0.500. The lowest BCUT2D eigenvalue weighted by Gasteiger charge is -2.03. The fourth-order valence-corrected chi connectivity index (χ4v) is 2.99. The monoisotopic (exact) mass is 303 g/mol. The Morgan fingerprint density at radius 2 is 2.19 bits per heavy atom. The Hall–Kier alpha value is -2.74. The summed E-state index contributed by atoms with van der Waals surface area (Å²) < 4.78 is 5.56. The highest BCUT2D eigenvalue weighted by Crippen LogP contribution is 2.36. The first-order chi connectivity index (χ1) is 10.1. The highest BCUT2D eigenvalue weighted by Gasteiger charge is 2.16. The van der Waals surface area contributed by atoms with Crippen molar-refractivity contribution >= 4 is 27.2 Å². The zero-order chi connectivity index (χ0) is 15.0. The van der Waals surface area contributed by atoms with E-state index in [1.807, 2.05) is 0 Å². The van der Waals surface area contributed by atoms with Gasteiger partial charge in [0.15, 0.2) is 5.75 Å². The normalized spacial score (nSPS) is 10.7. The third-order valence-electron chi connectivity index (χ3n) is 2.98. The molecule has 0 amide bonds. The Balaban J connectivity index is 2.16. The fourth-order valence-electron chi connectivity index (χ4n) is 1.99. The van der Waals surface area contributed by atoms with E-state index in [4.69, 9.17) is 4.74 Å². The summed E-state index contributed by atoms with van der Waals surface area (Å²) in [6.07, 6.45) is 1.34. The predicted molar refractivity (Wildman–Crippen MR) is 78.9 cm³/mol. The summed E-state index contributed by atoms with van der Waals surface area (Å²) in [5.74, 6) is 0.178. The molecule has 0 aliphatic rings. The quantitative estimate of drug-likeness (QED) is 0.592. The van der Waals surface area contributed by atoms with Gasteiger partial charge in [-0.3, -0.25) is 14.9 Å². The molecule has 2 heterocycles. The lowest BCUT2D eigenvalue weighted by molar-refractivity contribution is -0.385. The van der Waals surface area contributed by atoms with Crippen LogP contribution in [0.2, 0.25) is 0 Å². The topological polar surface area (TPSA) is 98.1 Å². The maximum Gasteiger partial charge on any atom is 0.310 e. The third kappa shape index (κ3) is 2.25. The number of methoxy groups -OCH3 is 1. The molecule has 0 saturated heterocycles. The number of nitro benzene ring substituents is 1. The van der Waals surface area contributed by atoms with Crippen LogP contribution in [0.4, 0.5) is 5.69 Å². The van der Waals surface area contributed by atoms with Gasteiger partial charge in [-0.15, -0.1) is 11.3 Å². The second-order valence-corrected chi connectivity index (χ2v) is 5.25. The standard InChI is InChI=1S/C13H9N3O4S/c1-20-10-4-7(2-3-9(10)16(18)19)11-5-8-12(21-11)13(17)15-6-14-8/h2-6H,1H3,(H,14,15,17). The first kappa shape index (κ1) is 13.3. The van der Waals surface area contributed by atoms with Gasteiger partial charge in [0.05, 0.1) is 23.9 Å². The van der Waals surface area contributed by atoms with Crippen LogP contribution in [0, 0.1) is 10.1 Å². The molecule has 3 aromatic rings.